The molecule has 0 unspecified atom stereocenters. The van der Waals surface area contributed by atoms with Crippen molar-refractivity contribution in [2.75, 3.05) is 7.11 Å². The Balaban J connectivity index is 1.77. The Morgan fingerprint density at radius 2 is 1.90 bits per heavy atom. The van der Waals surface area contributed by atoms with E-state index < -0.39 is 24.1 Å². The summed E-state index contributed by atoms with van der Waals surface area (Å²) in [6.45, 7) is -3.45. The fourth-order valence-corrected chi connectivity index (χ4v) is 2.51. The van der Waals surface area contributed by atoms with Crippen molar-refractivity contribution >= 4 is 5.78 Å². The van der Waals surface area contributed by atoms with Gasteiger partial charge in [0.1, 0.15) is 6.54 Å². The molecule has 7 nitrogen and oxygen atoms in total. The lowest BCUT2D eigenvalue weighted by Gasteiger charge is -2.10. The number of Topliss-reactive ketones (excluding diaryl/α,β-unsaturated/α-hetero) is 1. The third kappa shape index (κ3) is 4.88. The number of carbonyl (C=O) groups excluding carboxylic acids is 1. The van der Waals surface area contributed by atoms with E-state index in [1.165, 1.54) is 31.4 Å². The second-order valence-corrected chi connectivity index (χ2v) is 5.89. The van der Waals surface area contributed by atoms with Gasteiger partial charge in [0.15, 0.2) is 17.3 Å². The molecule has 2 aromatic carbocycles. The monoisotopic (exact) mass is 428 g/mol. The molecule has 3 rings (SSSR count). The zero-order valence-electron chi connectivity index (χ0n) is 15.2. The number of hydrogen-bond acceptors (Lipinski definition) is 6. The molecule has 0 atom stereocenters. The fraction of sp³-hybridized carbons (Fsp3) is 0.222. The van der Waals surface area contributed by atoms with Crippen LogP contribution in [-0.4, -0.2) is 39.7 Å². The van der Waals surface area contributed by atoms with Crippen LogP contribution in [0.25, 0.3) is 11.4 Å². The molecular formula is C18H13F5N4O3. The SMILES string of the molecule is COc1cc(C(=O)Cn2nnc(-c3cccc(C(F)(F)F)c3)n2)ccc1OC(F)F. The van der Waals surface area contributed by atoms with Crippen molar-refractivity contribution in [1.82, 2.24) is 20.2 Å². The molecule has 0 saturated carbocycles. The summed E-state index contributed by atoms with van der Waals surface area (Å²) in [5.41, 5.74) is -0.685. The molecule has 30 heavy (non-hydrogen) atoms. The van der Waals surface area contributed by atoms with Gasteiger partial charge in [-0.1, -0.05) is 12.1 Å². The molecule has 0 amide bonds. The lowest BCUT2D eigenvalue weighted by Crippen LogP contribution is -2.13. The van der Waals surface area contributed by atoms with E-state index in [2.05, 4.69) is 20.1 Å². The Bertz CT molecular complexity index is 1050. The summed E-state index contributed by atoms with van der Waals surface area (Å²) in [5.74, 6) is -0.913. The molecule has 12 heteroatoms. The maximum Gasteiger partial charge on any atom is 0.416 e. The molecule has 1 aromatic heterocycles. The largest absolute Gasteiger partial charge is 0.493 e. The number of halogens is 5. The first-order chi connectivity index (χ1) is 14.2. The third-order valence-corrected chi connectivity index (χ3v) is 3.89. The van der Waals surface area contributed by atoms with Gasteiger partial charge in [0.05, 0.1) is 12.7 Å². The molecular weight excluding hydrogens is 415 g/mol. The molecule has 1 heterocycles. The molecule has 0 aliphatic rings. The Morgan fingerprint density at radius 1 is 1.13 bits per heavy atom. The summed E-state index contributed by atoms with van der Waals surface area (Å²) in [4.78, 5) is 13.3. The highest BCUT2D eigenvalue weighted by atomic mass is 19.4. The number of methoxy groups -OCH3 is 1. The second kappa shape index (κ2) is 8.43. The van der Waals surface area contributed by atoms with Gasteiger partial charge in [-0.2, -0.15) is 26.7 Å². The Labute approximate surface area is 166 Å². The van der Waals surface area contributed by atoms with Gasteiger partial charge in [-0.05, 0) is 35.5 Å². The lowest BCUT2D eigenvalue weighted by molar-refractivity contribution is -0.137. The standard InChI is InChI=1S/C18H13F5N4O3/c1-29-15-8-10(5-6-14(15)30-17(19)20)13(28)9-27-25-16(24-26-27)11-3-2-4-12(7-11)18(21,22)23/h2-8,17H,9H2,1H3. The molecule has 0 aliphatic carbocycles. The first kappa shape index (κ1) is 21.1. The normalized spacial score (nSPS) is 11.6. The van der Waals surface area contributed by atoms with Gasteiger partial charge in [0, 0.05) is 11.1 Å². The van der Waals surface area contributed by atoms with E-state index in [1.807, 2.05) is 0 Å². The quantitative estimate of drug-likeness (QED) is 0.420. The predicted octanol–water partition coefficient (Wildman–Crippen LogP) is 3.85. The van der Waals surface area contributed by atoms with Gasteiger partial charge in [-0.25, -0.2) is 0 Å². The van der Waals surface area contributed by atoms with Crippen LogP contribution in [0.3, 0.4) is 0 Å². The maximum absolute atomic E-state index is 12.8. The van der Waals surface area contributed by atoms with Crippen LogP contribution in [0, 0.1) is 0 Å². The van der Waals surface area contributed by atoms with Gasteiger partial charge in [-0.3, -0.25) is 4.79 Å². The van der Waals surface area contributed by atoms with E-state index in [9.17, 15) is 26.7 Å². The first-order valence-electron chi connectivity index (χ1n) is 8.29. The van der Waals surface area contributed by atoms with Gasteiger partial charge < -0.3 is 9.47 Å². The minimum Gasteiger partial charge on any atom is -0.493 e. The topological polar surface area (TPSA) is 79.1 Å². The number of aromatic nitrogens is 4. The number of ether oxygens (including phenoxy) is 2. The summed E-state index contributed by atoms with van der Waals surface area (Å²) in [6.07, 6.45) is -4.53. The van der Waals surface area contributed by atoms with Crippen molar-refractivity contribution in [1.29, 1.82) is 0 Å². The highest BCUT2D eigenvalue weighted by molar-refractivity contribution is 5.96. The molecule has 0 N–H and O–H groups in total. The number of rotatable bonds is 7. The number of benzene rings is 2. The van der Waals surface area contributed by atoms with Crippen LogP contribution in [0.2, 0.25) is 0 Å². The molecule has 0 radical (unpaired) electrons. The van der Waals surface area contributed by atoms with Crippen LogP contribution in [-0.2, 0) is 12.7 Å². The minimum absolute atomic E-state index is 0.0719. The molecule has 3 aromatic rings. The van der Waals surface area contributed by atoms with Crippen molar-refractivity contribution in [2.24, 2.45) is 0 Å². The zero-order chi connectivity index (χ0) is 21.9. The average Bonchev–Trinajstić information content (AvgIpc) is 3.15. The van der Waals surface area contributed by atoms with Gasteiger partial charge >= 0.3 is 12.8 Å². The van der Waals surface area contributed by atoms with Crippen LogP contribution in [0.15, 0.2) is 42.5 Å². The predicted molar refractivity (Wildman–Crippen MR) is 92.2 cm³/mol. The van der Waals surface area contributed by atoms with Crippen LogP contribution >= 0.6 is 0 Å². The summed E-state index contributed by atoms with van der Waals surface area (Å²) in [5, 5.41) is 11.3. The molecule has 158 valence electrons. The summed E-state index contributed by atoms with van der Waals surface area (Å²) in [6, 6.07) is 7.99. The molecule has 0 fully saturated rings. The van der Waals surface area contributed by atoms with E-state index in [1.54, 1.807) is 0 Å². The van der Waals surface area contributed by atoms with E-state index in [-0.39, 0.29) is 35.0 Å². The Kier molecular flexibility index (Phi) is 5.94. The second-order valence-electron chi connectivity index (χ2n) is 5.89. The first-order valence-corrected chi connectivity index (χ1v) is 8.29. The van der Waals surface area contributed by atoms with Gasteiger partial charge in [0.2, 0.25) is 5.82 Å². The number of alkyl halides is 5. The van der Waals surface area contributed by atoms with E-state index >= 15 is 0 Å². The Morgan fingerprint density at radius 3 is 2.57 bits per heavy atom. The highest BCUT2D eigenvalue weighted by Gasteiger charge is 2.30. The molecule has 0 spiro atoms. The van der Waals surface area contributed by atoms with Crippen LogP contribution in [0.4, 0.5) is 22.0 Å². The van der Waals surface area contributed by atoms with Crippen LogP contribution in [0.1, 0.15) is 15.9 Å². The fourth-order valence-electron chi connectivity index (χ4n) is 2.51. The minimum atomic E-state index is -4.53. The third-order valence-electron chi connectivity index (χ3n) is 3.89. The van der Waals surface area contributed by atoms with E-state index in [4.69, 9.17) is 4.74 Å². The highest BCUT2D eigenvalue weighted by Crippen LogP contribution is 2.31. The van der Waals surface area contributed by atoms with Gasteiger partial charge in [-0.15, -0.1) is 10.2 Å². The number of ketones is 1. The maximum atomic E-state index is 12.8. The summed E-state index contributed by atoms with van der Waals surface area (Å²) in [7, 11) is 1.22. The number of hydrogen-bond donors (Lipinski definition) is 0. The van der Waals surface area contributed by atoms with Crippen molar-refractivity contribution in [2.45, 2.75) is 19.3 Å². The van der Waals surface area contributed by atoms with E-state index in [0.29, 0.717) is 0 Å². The molecule has 0 bridgehead atoms. The lowest BCUT2D eigenvalue weighted by atomic mass is 10.1. The summed E-state index contributed by atoms with van der Waals surface area (Å²) < 4.78 is 72.5. The van der Waals surface area contributed by atoms with Crippen LogP contribution < -0.4 is 9.47 Å². The number of nitrogens with zero attached hydrogens (tertiary/aromatic N) is 4. The summed E-state index contributed by atoms with van der Waals surface area (Å²) >= 11 is 0. The smallest absolute Gasteiger partial charge is 0.416 e. The molecule has 0 saturated heterocycles. The van der Waals surface area contributed by atoms with E-state index in [0.717, 1.165) is 23.0 Å². The van der Waals surface area contributed by atoms with Gasteiger partial charge in [0.25, 0.3) is 0 Å². The van der Waals surface area contributed by atoms with Crippen molar-refractivity contribution in [3.05, 3.63) is 53.6 Å². The number of carbonyl (C=O) groups is 1. The van der Waals surface area contributed by atoms with Crippen molar-refractivity contribution in [3.8, 4) is 22.9 Å². The molecule has 0 aliphatic heterocycles. The van der Waals surface area contributed by atoms with Crippen molar-refractivity contribution in [3.63, 3.8) is 0 Å². The van der Waals surface area contributed by atoms with Crippen molar-refractivity contribution < 1.29 is 36.2 Å². The average molecular weight is 428 g/mol. The number of tetrazole rings is 1. The Hall–Kier alpha value is -3.57. The zero-order valence-corrected chi connectivity index (χ0v) is 15.2. The van der Waals surface area contributed by atoms with Crippen LogP contribution in [0.5, 0.6) is 11.5 Å².